The van der Waals surface area contributed by atoms with E-state index in [0.717, 1.165) is 29.9 Å². The quantitative estimate of drug-likeness (QED) is 0.790. The molecule has 0 amide bonds. The second-order valence-electron chi connectivity index (χ2n) is 4.28. The molecule has 1 fully saturated rings. The molecule has 1 saturated heterocycles. The SMILES string of the molecule is CN(c1nccc2c1ncn2C)C1CNC1. The topological polar surface area (TPSA) is 46.0 Å². The molecule has 0 aromatic carbocycles. The Labute approximate surface area is 94.1 Å². The van der Waals surface area contributed by atoms with Crippen molar-refractivity contribution in [2.45, 2.75) is 6.04 Å². The Morgan fingerprint density at radius 2 is 2.25 bits per heavy atom. The van der Waals surface area contributed by atoms with Gasteiger partial charge in [-0.1, -0.05) is 0 Å². The van der Waals surface area contributed by atoms with Crippen LogP contribution in [0.25, 0.3) is 11.0 Å². The Kier molecular flexibility index (Phi) is 2.07. The number of hydrogen-bond acceptors (Lipinski definition) is 4. The maximum absolute atomic E-state index is 4.45. The molecule has 0 atom stereocenters. The lowest BCUT2D eigenvalue weighted by molar-refractivity contribution is 0.427. The molecule has 1 aliphatic rings. The highest BCUT2D eigenvalue weighted by Crippen LogP contribution is 2.23. The molecule has 0 bridgehead atoms. The highest BCUT2D eigenvalue weighted by atomic mass is 15.3. The first-order valence-electron chi connectivity index (χ1n) is 5.47. The van der Waals surface area contributed by atoms with Crippen LogP contribution in [0.4, 0.5) is 5.82 Å². The van der Waals surface area contributed by atoms with E-state index in [0.29, 0.717) is 6.04 Å². The van der Waals surface area contributed by atoms with Crippen LogP contribution in [-0.2, 0) is 7.05 Å². The molecule has 1 aliphatic heterocycles. The molecule has 0 aliphatic carbocycles. The van der Waals surface area contributed by atoms with Crippen LogP contribution in [0.15, 0.2) is 18.6 Å². The van der Waals surface area contributed by atoms with Gasteiger partial charge in [-0.25, -0.2) is 9.97 Å². The first-order chi connectivity index (χ1) is 7.77. The lowest BCUT2D eigenvalue weighted by atomic mass is 10.1. The van der Waals surface area contributed by atoms with E-state index in [1.165, 1.54) is 0 Å². The minimum atomic E-state index is 0.542. The Hall–Kier alpha value is -1.62. The number of imidazole rings is 1. The number of hydrogen-bond donors (Lipinski definition) is 1. The van der Waals surface area contributed by atoms with E-state index >= 15 is 0 Å². The number of likely N-dealkylation sites (N-methyl/N-ethyl adjacent to an activating group) is 1. The van der Waals surface area contributed by atoms with Crippen LogP contribution in [0.1, 0.15) is 0 Å². The van der Waals surface area contributed by atoms with E-state index in [1.54, 1.807) is 0 Å². The van der Waals surface area contributed by atoms with Gasteiger partial charge in [-0.15, -0.1) is 0 Å². The molecule has 1 N–H and O–H groups in total. The van der Waals surface area contributed by atoms with Gasteiger partial charge in [-0.2, -0.15) is 0 Å². The highest BCUT2D eigenvalue weighted by Gasteiger charge is 2.24. The summed E-state index contributed by atoms with van der Waals surface area (Å²) in [6.07, 6.45) is 3.69. The largest absolute Gasteiger partial charge is 0.352 e. The smallest absolute Gasteiger partial charge is 0.156 e. The number of pyridine rings is 1. The van der Waals surface area contributed by atoms with Crippen LogP contribution in [0, 0.1) is 0 Å². The van der Waals surface area contributed by atoms with E-state index in [1.807, 2.05) is 30.2 Å². The first kappa shape index (κ1) is 9.59. The summed E-state index contributed by atoms with van der Waals surface area (Å²) < 4.78 is 2.02. The molecule has 2 aromatic heterocycles. The summed E-state index contributed by atoms with van der Waals surface area (Å²) in [4.78, 5) is 11.1. The van der Waals surface area contributed by atoms with Crippen LogP contribution in [0.5, 0.6) is 0 Å². The van der Waals surface area contributed by atoms with Crippen LogP contribution in [0.3, 0.4) is 0 Å². The predicted molar refractivity (Wildman–Crippen MR) is 63.6 cm³/mol. The van der Waals surface area contributed by atoms with E-state index in [2.05, 4.69) is 27.2 Å². The van der Waals surface area contributed by atoms with Crippen LogP contribution >= 0.6 is 0 Å². The lowest BCUT2D eigenvalue weighted by Gasteiger charge is -2.36. The normalized spacial score (nSPS) is 16.4. The van der Waals surface area contributed by atoms with Crippen molar-refractivity contribution in [1.82, 2.24) is 19.9 Å². The first-order valence-corrected chi connectivity index (χ1v) is 5.47. The molecule has 0 radical (unpaired) electrons. The third-order valence-electron chi connectivity index (χ3n) is 3.27. The van der Waals surface area contributed by atoms with Crippen LogP contribution in [-0.4, -0.2) is 40.7 Å². The number of fused-ring (bicyclic) bond motifs is 1. The van der Waals surface area contributed by atoms with E-state index < -0.39 is 0 Å². The van der Waals surface area contributed by atoms with Crippen LogP contribution < -0.4 is 10.2 Å². The number of nitrogens with one attached hydrogen (secondary N) is 1. The standard InChI is InChI=1S/C11H15N5/c1-15-7-14-10-9(15)3-4-13-11(10)16(2)8-5-12-6-8/h3-4,7-8,12H,5-6H2,1-2H3. The Morgan fingerprint density at radius 3 is 2.94 bits per heavy atom. The van der Waals surface area contributed by atoms with Crippen molar-refractivity contribution in [1.29, 1.82) is 0 Å². The van der Waals surface area contributed by atoms with Crippen molar-refractivity contribution in [2.75, 3.05) is 25.0 Å². The van der Waals surface area contributed by atoms with Crippen molar-refractivity contribution in [3.8, 4) is 0 Å². The second kappa shape index (κ2) is 3.45. The Morgan fingerprint density at radius 1 is 1.44 bits per heavy atom. The van der Waals surface area contributed by atoms with Crippen molar-refractivity contribution in [2.24, 2.45) is 7.05 Å². The van der Waals surface area contributed by atoms with Gasteiger partial charge in [-0.05, 0) is 6.07 Å². The number of aromatic nitrogens is 3. The molecule has 5 nitrogen and oxygen atoms in total. The number of nitrogens with zero attached hydrogens (tertiary/aromatic N) is 4. The summed E-state index contributed by atoms with van der Waals surface area (Å²) in [5.41, 5.74) is 2.11. The molecule has 0 spiro atoms. The summed E-state index contributed by atoms with van der Waals surface area (Å²) >= 11 is 0. The summed E-state index contributed by atoms with van der Waals surface area (Å²) in [6, 6.07) is 2.54. The molecule has 3 heterocycles. The summed E-state index contributed by atoms with van der Waals surface area (Å²) in [5, 5.41) is 3.27. The maximum Gasteiger partial charge on any atom is 0.156 e. The molecule has 2 aromatic rings. The van der Waals surface area contributed by atoms with Gasteiger partial charge in [-0.3, -0.25) is 0 Å². The molecule has 84 valence electrons. The molecule has 3 rings (SSSR count). The van der Waals surface area contributed by atoms with Gasteiger partial charge in [0, 0.05) is 33.4 Å². The Balaban J connectivity index is 2.08. The zero-order valence-corrected chi connectivity index (χ0v) is 9.51. The lowest BCUT2D eigenvalue weighted by Crippen LogP contribution is -2.56. The molecule has 0 unspecified atom stereocenters. The minimum absolute atomic E-state index is 0.542. The van der Waals surface area contributed by atoms with Crippen LogP contribution in [0.2, 0.25) is 0 Å². The van der Waals surface area contributed by atoms with E-state index in [9.17, 15) is 0 Å². The van der Waals surface area contributed by atoms with Crippen molar-refractivity contribution < 1.29 is 0 Å². The summed E-state index contributed by atoms with van der Waals surface area (Å²) in [5.74, 6) is 0.976. The monoisotopic (exact) mass is 217 g/mol. The van der Waals surface area contributed by atoms with Crippen molar-refractivity contribution >= 4 is 16.9 Å². The van der Waals surface area contributed by atoms with Crippen molar-refractivity contribution in [3.05, 3.63) is 18.6 Å². The maximum atomic E-state index is 4.45. The van der Waals surface area contributed by atoms with Gasteiger partial charge in [0.1, 0.15) is 5.52 Å². The number of aryl methyl sites for hydroxylation is 1. The van der Waals surface area contributed by atoms with Gasteiger partial charge in [0.2, 0.25) is 0 Å². The average Bonchev–Trinajstić information content (AvgIpc) is 2.58. The molecular formula is C11H15N5. The second-order valence-corrected chi connectivity index (χ2v) is 4.28. The fourth-order valence-electron chi connectivity index (χ4n) is 2.03. The third-order valence-corrected chi connectivity index (χ3v) is 3.27. The number of rotatable bonds is 2. The fourth-order valence-corrected chi connectivity index (χ4v) is 2.03. The minimum Gasteiger partial charge on any atom is -0.352 e. The van der Waals surface area contributed by atoms with E-state index in [-0.39, 0.29) is 0 Å². The molecule has 16 heavy (non-hydrogen) atoms. The summed E-state index contributed by atoms with van der Waals surface area (Å²) in [6.45, 7) is 2.06. The predicted octanol–water partition coefficient (Wildman–Crippen LogP) is 0.376. The van der Waals surface area contributed by atoms with Gasteiger partial charge < -0.3 is 14.8 Å². The fraction of sp³-hybridized carbons (Fsp3) is 0.455. The van der Waals surface area contributed by atoms with Crippen molar-refractivity contribution in [3.63, 3.8) is 0 Å². The highest BCUT2D eigenvalue weighted by molar-refractivity contribution is 5.86. The van der Waals surface area contributed by atoms with Gasteiger partial charge in [0.25, 0.3) is 0 Å². The zero-order chi connectivity index (χ0) is 11.1. The number of anilines is 1. The third kappa shape index (κ3) is 1.28. The molecule has 5 heteroatoms. The Bertz CT molecular complexity index is 514. The zero-order valence-electron chi connectivity index (χ0n) is 9.51. The van der Waals surface area contributed by atoms with Gasteiger partial charge in [0.05, 0.1) is 17.9 Å². The van der Waals surface area contributed by atoms with Gasteiger partial charge in [0.15, 0.2) is 5.82 Å². The summed E-state index contributed by atoms with van der Waals surface area (Å²) in [7, 11) is 4.09. The van der Waals surface area contributed by atoms with Gasteiger partial charge >= 0.3 is 0 Å². The molecular weight excluding hydrogens is 202 g/mol. The average molecular weight is 217 g/mol. The molecule has 0 saturated carbocycles. The van der Waals surface area contributed by atoms with E-state index in [4.69, 9.17) is 0 Å².